The molecule has 4 rings (SSSR count). The van der Waals surface area contributed by atoms with Crippen LogP contribution < -0.4 is 10.3 Å². The van der Waals surface area contributed by atoms with Crippen LogP contribution in [-0.4, -0.2) is 55.4 Å². The highest BCUT2D eigenvalue weighted by molar-refractivity contribution is 6.06. The number of benzene rings is 1. The molecule has 0 spiro atoms. The van der Waals surface area contributed by atoms with Gasteiger partial charge in [0.1, 0.15) is 5.76 Å². The second-order valence-corrected chi connectivity index (χ2v) is 7.71. The van der Waals surface area contributed by atoms with Gasteiger partial charge in [0.25, 0.3) is 5.91 Å². The minimum atomic E-state index is -0.587. The summed E-state index contributed by atoms with van der Waals surface area (Å²) >= 11 is 0. The van der Waals surface area contributed by atoms with E-state index in [0.717, 1.165) is 48.5 Å². The zero-order valence-corrected chi connectivity index (χ0v) is 18.0. The Bertz CT molecular complexity index is 975. The number of hydrogen-bond donors (Lipinski definition) is 1. The molecular formula is C23H28N4O4. The summed E-state index contributed by atoms with van der Waals surface area (Å²) in [6.07, 6.45) is 1.73. The Hall–Kier alpha value is -3.29. The molecule has 0 atom stereocenters. The number of nitrogens with zero attached hydrogens (tertiary/aromatic N) is 3. The normalized spacial score (nSPS) is 17.4. The molecule has 2 aromatic rings. The van der Waals surface area contributed by atoms with E-state index < -0.39 is 6.09 Å². The molecule has 2 heterocycles. The molecule has 2 amide bonds. The van der Waals surface area contributed by atoms with Crippen LogP contribution >= 0.6 is 0 Å². The summed E-state index contributed by atoms with van der Waals surface area (Å²) in [6, 6.07) is 10.2. The van der Waals surface area contributed by atoms with Crippen molar-refractivity contribution in [3.8, 4) is 0 Å². The number of para-hydroxylation sites is 1. The van der Waals surface area contributed by atoms with E-state index in [9.17, 15) is 9.59 Å². The summed E-state index contributed by atoms with van der Waals surface area (Å²) in [7, 11) is 0. The number of carbonyl (C=O) groups is 2. The molecule has 1 fully saturated rings. The van der Waals surface area contributed by atoms with E-state index in [1.807, 2.05) is 30.0 Å². The number of piperazine rings is 1. The number of ether oxygens (including phenoxy) is 1. The molecule has 1 aromatic heterocycles. The third-order valence-electron chi connectivity index (χ3n) is 5.77. The summed E-state index contributed by atoms with van der Waals surface area (Å²) in [5.74, 6) is 1.06. The molecule has 0 unspecified atom stereocenters. The standard InChI is InChI=1S/C23H28N4O4/c1-3-30-23(29)25-24-18-10-7-11-19-20(18)16(2)21(31-19)22(28)27-14-12-26(13-15-27)17-8-5-4-6-9-17/h4-6,8-9H,3,7,10-15H2,1-2H3,(H,25,29)/b24-18+. The van der Waals surface area contributed by atoms with E-state index in [1.165, 1.54) is 5.69 Å². The molecule has 8 nitrogen and oxygen atoms in total. The lowest BCUT2D eigenvalue weighted by molar-refractivity contribution is 0.0711. The van der Waals surface area contributed by atoms with Crippen molar-refractivity contribution in [1.29, 1.82) is 0 Å². The first-order chi connectivity index (χ1) is 15.1. The molecule has 0 bridgehead atoms. The molecule has 1 aliphatic heterocycles. The van der Waals surface area contributed by atoms with Gasteiger partial charge in [0.15, 0.2) is 5.76 Å². The lowest BCUT2D eigenvalue weighted by Crippen LogP contribution is -2.48. The molecule has 1 aromatic carbocycles. The zero-order valence-electron chi connectivity index (χ0n) is 18.0. The number of fused-ring (bicyclic) bond motifs is 1. The van der Waals surface area contributed by atoms with Gasteiger partial charge in [0, 0.05) is 49.4 Å². The van der Waals surface area contributed by atoms with Crippen LogP contribution in [0.4, 0.5) is 10.5 Å². The average Bonchev–Trinajstić information content (AvgIpc) is 3.15. The fourth-order valence-corrected chi connectivity index (χ4v) is 4.21. The van der Waals surface area contributed by atoms with Gasteiger partial charge in [-0.1, -0.05) is 18.2 Å². The predicted molar refractivity (Wildman–Crippen MR) is 118 cm³/mol. The highest BCUT2D eigenvalue weighted by Crippen LogP contribution is 2.31. The van der Waals surface area contributed by atoms with E-state index >= 15 is 0 Å². The van der Waals surface area contributed by atoms with E-state index in [-0.39, 0.29) is 12.5 Å². The smallest absolute Gasteiger partial charge is 0.427 e. The number of hydrazone groups is 1. The van der Waals surface area contributed by atoms with Crippen LogP contribution in [0.5, 0.6) is 0 Å². The van der Waals surface area contributed by atoms with Crippen molar-refractivity contribution in [3.63, 3.8) is 0 Å². The highest BCUT2D eigenvalue weighted by Gasteiger charge is 2.31. The van der Waals surface area contributed by atoms with Crippen molar-refractivity contribution in [2.24, 2.45) is 5.10 Å². The highest BCUT2D eigenvalue weighted by atomic mass is 16.5. The molecule has 1 saturated heterocycles. The fraction of sp³-hybridized carbons (Fsp3) is 0.435. The molecule has 0 radical (unpaired) electrons. The Morgan fingerprint density at radius 2 is 1.87 bits per heavy atom. The molecule has 1 N–H and O–H groups in total. The summed E-state index contributed by atoms with van der Waals surface area (Å²) in [5.41, 5.74) is 5.96. The first kappa shape index (κ1) is 21.0. The maximum Gasteiger partial charge on any atom is 0.427 e. The van der Waals surface area contributed by atoms with Crippen LogP contribution in [0.2, 0.25) is 0 Å². The van der Waals surface area contributed by atoms with Gasteiger partial charge >= 0.3 is 6.09 Å². The summed E-state index contributed by atoms with van der Waals surface area (Å²) in [6.45, 7) is 6.76. The largest absolute Gasteiger partial charge is 0.455 e. The number of aryl methyl sites for hydroxylation is 1. The number of anilines is 1. The van der Waals surface area contributed by atoms with Crippen LogP contribution in [0.3, 0.4) is 0 Å². The lowest BCUT2D eigenvalue weighted by Gasteiger charge is -2.35. The Morgan fingerprint density at radius 1 is 1.13 bits per heavy atom. The Morgan fingerprint density at radius 3 is 2.58 bits per heavy atom. The zero-order chi connectivity index (χ0) is 21.8. The summed E-state index contributed by atoms with van der Waals surface area (Å²) < 4.78 is 10.9. The molecule has 2 aliphatic rings. The van der Waals surface area contributed by atoms with Gasteiger partial charge in [-0.2, -0.15) is 5.10 Å². The van der Waals surface area contributed by atoms with Crippen LogP contribution in [0.15, 0.2) is 39.9 Å². The number of nitrogens with one attached hydrogen (secondary N) is 1. The Kier molecular flexibility index (Phi) is 6.25. The molecule has 8 heteroatoms. The van der Waals surface area contributed by atoms with Gasteiger partial charge in [-0.25, -0.2) is 10.2 Å². The van der Waals surface area contributed by atoms with E-state index in [2.05, 4.69) is 27.6 Å². The van der Waals surface area contributed by atoms with Gasteiger partial charge in [-0.3, -0.25) is 4.79 Å². The maximum absolute atomic E-state index is 13.2. The predicted octanol–water partition coefficient (Wildman–Crippen LogP) is 3.34. The van der Waals surface area contributed by atoms with Crippen LogP contribution in [0.1, 0.15) is 47.2 Å². The quantitative estimate of drug-likeness (QED) is 0.761. The second-order valence-electron chi connectivity index (χ2n) is 7.71. The average molecular weight is 425 g/mol. The molecule has 0 saturated carbocycles. The SMILES string of the molecule is CCOC(=O)N/N=C1\CCCc2oc(C(=O)N3CCN(c4ccccc4)CC3)c(C)c21. The minimum absolute atomic E-state index is 0.0858. The molecule has 1 aliphatic carbocycles. The van der Waals surface area contributed by atoms with Gasteiger partial charge in [0.05, 0.1) is 12.3 Å². The number of amides is 2. The van der Waals surface area contributed by atoms with Gasteiger partial charge in [-0.05, 0) is 38.8 Å². The Labute approximate surface area is 181 Å². The van der Waals surface area contributed by atoms with E-state index in [0.29, 0.717) is 25.3 Å². The molecular weight excluding hydrogens is 396 g/mol. The van der Waals surface area contributed by atoms with E-state index in [4.69, 9.17) is 9.15 Å². The van der Waals surface area contributed by atoms with Crippen molar-refractivity contribution in [2.45, 2.75) is 33.1 Å². The van der Waals surface area contributed by atoms with Gasteiger partial charge < -0.3 is 19.0 Å². The third kappa shape index (κ3) is 4.42. The van der Waals surface area contributed by atoms with Gasteiger partial charge in [0.2, 0.25) is 0 Å². The van der Waals surface area contributed by atoms with Crippen molar-refractivity contribution in [2.75, 3.05) is 37.7 Å². The van der Waals surface area contributed by atoms with Crippen molar-refractivity contribution >= 4 is 23.4 Å². The van der Waals surface area contributed by atoms with Crippen LogP contribution in [-0.2, 0) is 11.2 Å². The van der Waals surface area contributed by atoms with Gasteiger partial charge in [-0.15, -0.1) is 0 Å². The second kappa shape index (κ2) is 9.24. The Balaban J connectivity index is 1.48. The molecule has 31 heavy (non-hydrogen) atoms. The lowest BCUT2D eigenvalue weighted by atomic mass is 9.93. The number of furan rings is 1. The van der Waals surface area contributed by atoms with Crippen LogP contribution in [0, 0.1) is 6.92 Å². The number of carbonyl (C=O) groups excluding carboxylic acids is 2. The topological polar surface area (TPSA) is 87.4 Å². The first-order valence-corrected chi connectivity index (χ1v) is 10.8. The van der Waals surface area contributed by atoms with Crippen molar-refractivity contribution < 1.29 is 18.7 Å². The fourth-order valence-electron chi connectivity index (χ4n) is 4.21. The first-order valence-electron chi connectivity index (χ1n) is 10.8. The summed E-state index contributed by atoms with van der Waals surface area (Å²) in [4.78, 5) is 29.0. The van der Waals surface area contributed by atoms with Crippen molar-refractivity contribution in [3.05, 3.63) is 53.0 Å². The van der Waals surface area contributed by atoms with Crippen LogP contribution in [0.25, 0.3) is 0 Å². The van der Waals surface area contributed by atoms with Crippen molar-refractivity contribution in [1.82, 2.24) is 10.3 Å². The number of rotatable bonds is 4. The monoisotopic (exact) mass is 424 g/mol. The number of hydrogen-bond acceptors (Lipinski definition) is 6. The minimum Gasteiger partial charge on any atom is -0.455 e. The third-order valence-corrected chi connectivity index (χ3v) is 5.77. The molecule has 164 valence electrons. The maximum atomic E-state index is 13.2. The van der Waals surface area contributed by atoms with E-state index in [1.54, 1.807) is 6.92 Å². The summed E-state index contributed by atoms with van der Waals surface area (Å²) in [5, 5.41) is 4.23.